The first-order chi connectivity index (χ1) is 9.01. The maximum Gasteiger partial charge on any atom is 0.259 e. The molecule has 1 amide bonds. The molecule has 0 saturated carbocycles. The van der Waals surface area contributed by atoms with Crippen LogP contribution in [0.3, 0.4) is 0 Å². The Kier molecular flexibility index (Phi) is 4.21. The molecule has 6 heteroatoms. The van der Waals surface area contributed by atoms with Gasteiger partial charge < -0.3 is 5.73 Å². The predicted molar refractivity (Wildman–Crippen MR) is 82.7 cm³/mol. The number of hydrogen-bond donors (Lipinski definition) is 2. The minimum absolute atomic E-state index is 0.241. The average molecular weight is 340 g/mol. The third kappa shape index (κ3) is 3.13. The van der Waals surface area contributed by atoms with Crippen LogP contribution in [0.5, 0.6) is 0 Å². The van der Waals surface area contributed by atoms with E-state index in [2.05, 4.69) is 26.2 Å². The van der Waals surface area contributed by atoms with Crippen LogP contribution in [0.15, 0.2) is 22.7 Å². The molecule has 1 aromatic carbocycles. The SMILES string of the molecule is CCc1nc(NC(=O)c2cc(Br)ccc2N)sc1C. The highest BCUT2D eigenvalue weighted by molar-refractivity contribution is 9.10. The molecular formula is C13H14BrN3OS. The Hall–Kier alpha value is -1.40. The Morgan fingerprint density at radius 3 is 2.89 bits per heavy atom. The summed E-state index contributed by atoms with van der Waals surface area (Å²) in [5.74, 6) is -0.241. The zero-order valence-electron chi connectivity index (χ0n) is 10.7. The summed E-state index contributed by atoms with van der Waals surface area (Å²) in [6.45, 7) is 4.04. The predicted octanol–water partition coefficient (Wildman–Crippen LogP) is 3.61. The molecule has 0 aliphatic carbocycles. The molecule has 3 N–H and O–H groups in total. The molecule has 100 valence electrons. The summed E-state index contributed by atoms with van der Waals surface area (Å²) in [5.41, 5.74) is 7.72. The van der Waals surface area contributed by atoms with Gasteiger partial charge in [-0.3, -0.25) is 10.1 Å². The average Bonchev–Trinajstić information content (AvgIpc) is 2.72. The van der Waals surface area contributed by atoms with E-state index >= 15 is 0 Å². The summed E-state index contributed by atoms with van der Waals surface area (Å²) < 4.78 is 0.816. The van der Waals surface area contributed by atoms with Crippen molar-refractivity contribution in [2.45, 2.75) is 20.3 Å². The van der Waals surface area contributed by atoms with E-state index < -0.39 is 0 Å². The number of nitrogens with one attached hydrogen (secondary N) is 1. The first-order valence-electron chi connectivity index (χ1n) is 5.84. The van der Waals surface area contributed by atoms with E-state index in [0.29, 0.717) is 16.4 Å². The summed E-state index contributed by atoms with van der Waals surface area (Å²) in [6, 6.07) is 5.20. The number of amides is 1. The molecule has 2 rings (SSSR count). The van der Waals surface area contributed by atoms with Gasteiger partial charge in [0.1, 0.15) is 0 Å². The molecule has 19 heavy (non-hydrogen) atoms. The quantitative estimate of drug-likeness (QED) is 0.839. The lowest BCUT2D eigenvalue weighted by molar-refractivity contribution is 0.102. The zero-order valence-corrected chi connectivity index (χ0v) is 13.1. The summed E-state index contributed by atoms with van der Waals surface area (Å²) in [6.07, 6.45) is 0.858. The van der Waals surface area contributed by atoms with Crippen molar-refractivity contribution in [1.82, 2.24) is 4.98 Å². The number of carbonyl (C=O) groups excluding carboxylic acids is 1. The van der Waals surface area contributed by atoms with Crippen LogP contribution in [0.2, 0.25) is 0 Å². The first-order valence-corrected chi connectivity index (χ1v) is 7.45. The molecule has 0 aliphatic heterocycles. The summed E-state index contributed by atoms with van der Waals surface area (Å²) in [5, 5.41) is 3.40. The van der Waals surface area contributed by atoms with Crippen LogP contribution in [0.4, 0.5) is 10.8 Å². The van der Waals surface area contributed by atoms with Crippen molar-refractivity contribution in [2.24, 2.45) is 0 Å². The van der Waals surface area contributed by atoms with Gasteiger partial charge in [-0.2, -0.15) is 0 Å². The van der Waals surface area contributed by atoms with Gasteiger partial charge in [0, 0.05) is 15.0 Å². The molecule has 0 radical (unpaired) electrons. The minimum atomic E-state index is -0.241. The molecule has 0 bridgehead atoms. The third-order valence-corrected chi connectivity index (χ3v) is 4.13. The Balaban J connectivity index is 2.22. The number of carbonyl (C=O) groups is 1. The number of aryl methyl sites for hydroxylation is 2. The van der Waals surface area contributed by atoms with Gasteiger partial charge in [-0.1, -0.05) is 22.9 Å². The first kappa shape index (κ1) is 14.0. The van der Waals surface area contributed by atoms with E-state index in [1.54, 1.807) is 18.2 Å². The Bertz CT molecular complexity index is 624. The van der Waals surface area contributed by atoms with E-state index in [0.717, 1.165) is 21.5 Å². The molecule has 0 fully saturated rings. The van der Waals surface area contributed by atoms with Gasteiger partial charge in [0.2, 0.25) is 0 Å². The highest BCUT2D eigenvalue weighted by atomic mass is 79.9. The molecule has 0 atom stereocenters. The highest BCUT2D eigenvalue weighted by Crippen LogP contribution is 2.24. The van der Waals surface area contributed by atoms with Crippen molar-refractivity contribution in [3.05, 3.63) is 38.8 Å². The monoisotopic (exact) mass is 339 g/mol. The van der Waals surface area contributed by atoms with E-state index in [-0.39, 0.29) is 5.91 Å². The Morgan fingerprint density at radius 1 is 1.53 bits per heavy atom. The summed E-state index contributed by atoms with van der Waals surface area (Å²) in [4.78, 5) is 17.7. The van der Waals surface area contributed by atoms with Crippen LogP contribution in [0, 0.1) is 6.92 Å². The van der Waals surface area contributed by atoms with E-state index in [1.807, 2.05) is 13.8 Å². The van der Waals surface area contributed by atoms with Gasteiger partial charge in [0.15, 0.2) is 5.13 Å². The fraction of sp³-hybridized carbons (Fsp3) is 0.231. The fourth-order valence-corrected chi connectivity index (χ4v) is 2.96. The van der Waals surface area contributed by atoms with Crippen LogP contribution in [-0.4, -0.2) is 10.9 Å². The zero-order chi connectivity index (χ0) is 14.0. The Labute approximate surface area is 124 Å². The maximum absolute atomic E-state index is 12.2. The largest absolute Gasteiger partial charge is 0.398 e. The molecule has 1 heterocycles. The van der Waals surface area contributed by atoms with Crippen molar-refractivity contribution in [1.29, 1.82) is 0 Å². The summed E-state index contributed by atoms with van der Waals surface area (Å²) in [7, 11) is 0. The highest BCUT2D eigenvalue weighted by Gasteiger charge is 2.13. The topological polar surface area (TPSA) is 68.0 Å². The smallest absolute Gasteiger partial charge is 0.259 e. The van der Waals surface area contributed by atoms with Crippen molar-refractivity contribution in [2.75, 3.05) is 11.1 Å². The van der Waals surface area contributed by atoms with Gasteiger partial charge in [0.05, 0.1) is 11.3 Å². The number of anilines is 2. The molecule has 0 saturated heterocycles. The van der Waals surface area contributed by atoms with Crippen molar-refractivity contribution >= 4 is 44.0 Å². The lowest BCUT2D eigenvalue weighted by Gasteiger charge is -2.05. The number of halogens is 1. The third-order valence-electron chi connectivity index (χ3n) is 2.71. The molecule has 0 unspecified atom stereocenters. The van der Waals surface area contributed by atoms with Crippen LogP contribution in [-0.2, 0) is 6.42 Å². The van der Waals surface area contributed by atoms with E-state index in [1.165, 1.54) is 11.3 Å². The van der Waals surface area contributed by atoms with Crippen LogP contribution < -0.4 is 11.1 Å². The van der Waals surface area contributed by atoms with Crippen molar-refractivity contribution < 1.29 is 4.79 Å². The molecule has 2 aromatic rings. The molecule has 0 spiro atoms. The second-order valence-electron chi connectivity index (χ2n) is 4.06. The number of nitrogens with zero attached hydrogens (tertiary/aromatic N) is 1. The molecule has 0 aliphatic rings. The fourth-order valence-electron chi connectivity index (χ4n) is 1.70. The molecule has 1 aromatic heterocycles. The molecular weight excluding hydrogens is 326 g/mol. The van der Waals surface area contributed by atoms with Gasteiger partial charge in [0.25, 0.3) is 5.91 Å². The maximum atomic E-state index is 12.2. The second kappa shape index (κ2) is 5.71. The standard InChI is InChI=1S/C13H14BrN3OS/c1-3-11-7(2)19-13(16-11)17-12(18)9-6-8(14)4-5-10(9)15/h4-6H,3,15H2,1-2H3,(H,16,17,18). The minimum Gasteiger partial charge on any atom is -0.398 e. The van der Waals surface area contributed by atoms with Gasteiger partial charge >= 0.3 is 0 Å². The lowest BCUT2D eigenvalue weighted by Crippen LogP contribution is -2.14. The van der Waals surface area contributed by atoms with Gasteiger partial charge in [-0.05, 0) is 31.5 Å². The van der Waals surface area contributed by atoms with Crippen LogP contribution >= 0.6 is 27.3 Å². The van der Waals surface area contributed by atoms with Gasteiger partial charge in [-0.15, -0.1) is 11.3 Å². The van der Waals surface area contributed by atoms with Crippen molar-refractivity contribution in [3.63, 3.8) is 0 Å². The van der Waals surface area contributed by atoms with E-state index in [9.17, 15) is 4.79 Å². The number of rotatable bonds is 3. The number of nitrogens with two attached hydrogens (primary N) is 1. The number of benzene rings is 1. The van der Waals surface area contributed by atoms with Crippen LogP contribution in [0.25, 0.3) is 0 Å². The molecule has 4 nitrogen and oxygen atoms in total. The van der Waals surface area contributed by atoms with Gasteiger partial charge in [-0.25, -0.2) is 4.98 Å². The van der Waals surface area contributed by atoms with Crippen molar-refractivity contribution in [3.8, 4) is 0 Å². The number of nitrogen functional groups attached to an aromatic ring is 1. The lowest BCUT2D eigenvalue weighted by atomic mass is 10.2. The number of aromatic nitrogens is 1. The second-order valence-corrected chi connectivity index (χ2v) is 6.18. The number of hydrogen-bond acceptors (Lipinski definition) is 4. The number of thiazole rings is 1. The normalized spacial score (nSPS) is 10.5. The van der Waals surface area contributed by atoms with E-state index in [4.69, 9.17) is 5.73 Å². The Morgan fingerprint density at radius 2 is 2.26 bits per heavy atom. The van der Waals surface area contributed by atoms with Crippen LogP contribution in [0.1, 0.15) is 27.9 Å². The summed E-state index contributed by atoms with van der Waals surface area (Å²) >= 11 is 4.80.